The number of rotatable bonds is 6. The molecule has 0 bridgehead atoms. The van der Waals surface area contributed by atoms with E-state index in [4.69, 9.17) is 4.74 Å². The molecule has 0 fully saturated rings. The van der Waals surface area contributed by atoms with Crippen molar-refractivity contribution in [3.63, 3.8) is 0 Å². The first kappa shape index (κ1) is 35.8. The summed E-state index contributed by atoms with van der Waals surface area (Å²) in [6, 6.07) is 0. The summed E-state index contributed by atoms with van der Waals surface area (Å²) in [5.41, 5.74) is -5.95. The van der Waals surface area contributed by atoms with E-state index in [2.05, 4.69) is 6.58 Å². The number of ether oxygens (including phenoxy) is 1. The molecule has 2 aliphatic carbocycles. The molecule has 0 spiro atoms. The maximum atomic E-state index is 14.1. The van der Waals surface area contributed by atoms with Gasteiger partial charge in [-0.1, -0.05) is 39.8 Å². The third-order valence-corrected chi connectivity index (χ3v) is 10.4. The lowest BCUT2D eigenvalue weighted by molar-refractivity contribution is -0.146. The van der Waals surface area contributed by atoms with Crippen molar-refractivity contribution in [1.82, 2.24) is 0 Å². The summed E-state index contributed by atoms with van der Waals surface area (Å²) in [5, 5.41) is 36.0. The van der Waals surface area contributed by atoms with Gasteiger partial charge in [-0.05, 0) is 68.2 Å². The summed E-state index contributed by atoms with van der Waals surface area (Å²) in [5.74, 6) is -8.00. The first-order valence-electron chi connectivity index (χ1n) is 16.1. The van der Waals surface area contributed by atoms with Crippen LogP contribution in [0.15, 0.2) is 34.8 Å². The molecule has 4 rings (SSSR count). The Morgan fingerprint density at radius 2 is 1.26 bits per heavy atom. The number of Topliss-reactive ketones (excluding diaryl/α,β-unsaturated/α-hetero) is 5. The van der Waals surface area contributed by atoms with Crippen LogP contribution in [0.2, 0.25) is 0 Å². The van der Waals surface area contributed by atoms with Crippen molar-refractivity contribution < 1.29 is 44.0 Å². The predicted molar refractivity (Wildman–Crippen MR) is 177 cm³/mol. The van der Waals surface area contributed by atoms with Crippen LogP contribution >= 0.6 is 0 Å². The molecule has 1 heterocycles. The maximum Gasteiger partial charge on any atom is 0.176 e. The maximum absolute atomic E-state index is 14.1. The lowest BCUT2D eigenvalue weighted by Crippen LogP contribution is -2.51. The number of aliphatic hydroxyl groups excluding tert-OH is 1. The van der Waals surface area contributed by atoms with Gasteiger partial charge in [-0.3, -0.25) is 24.0 Å². The summed E-state index contributed by atoms with van der Waals surface area (Å²) in [6.45, 7) is 24.8. The number of carbonyl (C=O) groups is 5. The Hall–Kier alpha value is -4.01. The van der Waals surface area contributed by atoms with Crippen LogP contribution in [0.3, 0.4) is 0 Å². The van der Waals surface area contributed by atoms with Crippen molar-refractivity contribution >= 4 is 28.9 Å². The van der Waals surface area contributed by atoms with Gasteiger partial charge in [-0.2, -0.15) is 0 Å². The molecule has 9 heteroatoms. The average molecular weight is 649 g/mol. The molecule has 3 aliphatic rings. The van der Waals surface area contributed by atoms with Gasteiger partial charge in [-0.25, -0.2) is 0 Å². The van der Waals surface area contributed by atoms with Gasteiger partial charge in [0.1, 0.15) is 34.3 Å². The molecule has 1 aromatic rings. The summed E-state index contributed by atoms with van der Waals surface area (Å²) in [4.78, 5) is 69.3. The van der Waals surface area contributed by atoms with Crippen LogP contribution in [-0.2, 0) is 19.2 Å². The average Bonchev–Trinajstić information content (AvgIpc) is 2.96. The molecule has 47 heavy (non-hydrogen) atoms. The molecule has 2 atom stereocenters. The third-order valence-electron chi connectivity index (χ3n) is 10.4. The van der Waals surface area contributed by atoms with Gasteiger partial charge >= 0.3 is 0 Å². The minimum atomic E-state index is -1.55. The van der Waals surface area contributed by atoms with Crippen LogP contribution < -0.4 is 4.74 Å². The van der Waals surface area contributed by atoms with Crippen LogP contribution in [0.1, 0.15) is 123 Å². The number of fused-ring (bicyclic) bond motifs is 1. The Kier molecular flexibility index (Phi) is 8.20. The highest BCUT2D eigenvalue weighted by molar-refractivity contribution is 6.21. The highest BCUT2D eigenvalue weighted by Crippen LogP contribution is 2.61. The van der Waals surface area contributed by atoms with Crippen LogP contribution in [0.25, 0.3) is 0 Å². The lowest BCUT2D eigenvalue weighted by atomic mass is 9.58. The molecule has 0 unspecified atom stereocenters. The molecule has 0 saturated carbocycles. The fourth-order valence-electron chi connectivity index (χ4n) is 7.75. The molecule has 1 aromatic carbocycles. The fraction of sp³-hybridized carbons (Fsp3) is 0.553. The molecule has 9 nitrogen and oxygen atoms in total. The largest absolute Gasteiger partial charge is 0.511 e. The van der Waals surface area contributed by atoms with Gasteiger partial charge in [0.05, 0.1) is 21.7 Å². The predicted octanol–water partition coefficient (Wildman–Crippen LogP) is 7.20. The monoisotopic (exact) mass is 648 g/mol. The van der Waals surface area contributed by atoms with Crippen molar-refractivity contribution in [3.8, 4) is 17.2 Å². The summed E-state index contributed by atoms with van der Waals surface area (Å²) in [7, 11) is 0. The molecule has 1 aliphatic heterocycles. The summed E-state index contributed by atoms with van der Waals surface area (Å²) >= 11 is 0. The molecular formula is C38H48O9. The number of phenolic OH excluding ortho intramolecular Hbond substituents is 2. The van der Waals surface area contributed by atoms with E-state index in [0.29, 0.717) is 5.57 Å². The van der Waals surface area contributed by atoms with Gasteiger partial charge in [0.25, 0.3) is 0 Å². The van der Waals surface area contributed by atoms with E-state index in [9.17, 15) is 39.3 Å². The molecule has 3 N–H and O–H groups in total. The first-order chi connectivity index (χ1) is 21.2. The fourth-order valence-corrected chi connectivity index (χ4v) is 7.75. The molecule has 0 saturated heterocycles. The molecule has 254 valence electrons. The zero-order valence-corrected chi connectivity index (χ0v) is 29.8. The number of aromatic hydroxyl groups is 2. The number of carbonyl (C=O) groups excluding carboxylic acids is 5. The van der Waals surface area contributed by atoms with Crippen LogP contribution in [0, 0.1) is 33.5 Å². The van der Waals surface area contributed by atoms with Crippen molar-refractivity contribution in [2.45, 2.75) is 102 Å². The Bertz CT molecular complexity index is 1750. The molecule has 0 amide bonds. The van der Waals surface area contributed by atoms with Crippen LogP contribution in [-0.4, -0.2) is 44.2 Å². The second-order valence-electron chi connectivity index (χ2n) is 16.2. The minimum Gasteiger partial charge on any atom is -0.511 e. The highest BCUT2D eigenvalue weighted by Gasteiger charge is 2.59. The smallest absolute Gasteiger partial charge is 0.176 e. The van der Waals surface area contributed by atoms with Crippen molar-refractivity contribution in [1.29, 1.82) is 0 Å². The highest BCUT2D eigenvalue weighted by atomic mass is 16.5. The lowest BCUT2D eigenvalue weighted by Gasteiger charge is -2.45. The normalized spacial score (nSPS) is 23.5. The molecule has 0 radical (unpaired) electrons. The zero-order chi connectivity index (χ0) is 36.3. The summed E-state index contributed by atoms with van der Waals surface area (Å²) in [6.07, 6.45) is 0. The Morgan fingerprint density at radius 1 is 0.766 bits per heavy atom. The standard InChI is InChI=1S/C38H48O9/c1-15(2)18(22-29(42)35(7,8)33(45)36(9,10)30(22)43)20-26(40)21-19(16(3)4)23-31(44)37(11,12)34(46)38(13,14)32(23)47-28(21)24(27(20)41)25(39)17(5)6/h15,17-19,40-42H,3H2,1-2,4-14H3/t18-,19+/m0/s1. The van der Waals surface area contributed by atoms with Gasteiger partial charge in [0, 0.05) is 40.0 Å². The van der Waals surface area contributed by atoms with E-state index in [0.717, 1.165) is 0 Å². The van der Waals surface area contributed by atoms with Crippen molar-refractivity contribution in [3.05, 3.63) is 51.5 Å². The topological polar surface area (TPSA) is 155 Å². The second-order valence-corrected chi connectivity index (χ2v) is 16.2. The number of benzene rings is 1. The van der Waals surface area contributed by atoms with E-state index in [1.54, 1.807) is 48.5 Å². The minimum absolute atomic E-state index is 0.00839. The van der Waals surface area contributed by atoms with Gasteiger partial charge < -0.3 is 20.1 Å². The zero-order valence-electron chi connectivity index (χ0n) is 29.8. The van der Waals surface area contributed by atoms with Gasteiger partial charge in [0.2, 0.25) is 0 Å². The number of aliphatic hydroxyl groups is 1. The van der Waals surface area contributed by atoms with Crippen molar-refractivity contribution in [2.24, 2.45) is 33.5 Å². The third kappa shape index (κ3) is 4.66. The summed E-state index contributed by atoms with van der Waals surface area (Å²) < 4.78 is 6.38. The van der Waals surface area contributed by atoms with E-state index < -0.39 is 91.5 Å². The Balaban J connectivity index is 2.24. The van der Waals surface area contributed by atoms with Gasteiger partial charge in [-0.15, -0.1) is 0 Å². The second kappa shape index (κ2) is 10.8. The number of phenols is 2. The number of hydrogen-bond donors (Lipinski definition) is 3. The van der Waals surface area contributed by atoms with Crippen molar-refractivity contribution in [2.75, 3.05) is 0 Å². The van der Waals surface area contributed by atoms with E-state index in [1.807, 2.05) is 0 Å². The molecule has 0 aromatic heterocycles. The van der Waals surface area contributed by atoms with E-state index in [-0.39, 0.29) is 39.3 Å². The van der Waals surface area contributed by atoms with Gasteiger partial charge in [0.15, 0.2) is 28.9 Å². The van der Waals surface area contributed by atoms with Crippen LogP contribution in [0.5, 0.6) is 17.2 Å². The number of ketones is 5. The number of allylic oxidation sites excluding steroid dienone is 5. The quantitative estimate of drug-likeness (QED) is 0.165. The SMILES string of the molecule is C=C(C)[C@H]1C2=C(Oc3c(C(=O)C(C)C)c(O)c([C@@H](C4=C(O)C(C)(C)C(=O)C(C)(C)C4=O)C(C)C)c(O)c31)C(C)(C)C(=O)C(C)(C)C2=O. The Morgan fingerprint density at radius 3 is 1.72 bits per heavy atom. The Labute approximate surface area is 276 Å². The first-order valence-corrected chi connectivity index (χ1v) is 16.1. The van der Waals surface area contributed by atoms with E-state index >= 15 is 0 Å². The van der Waals surface area contributed by atoms with Crippen LogP contribution in [0.4, 0.5) is 0 Å². The van der Waals surface area contributed by atoms with E-state index in [1.165, 1.54) is 41.5 Å². The number of hydrogen-bond acceptors (Lipinski definition) is 9. The molecular weight excluding hydrogens is 600 g/mol.